The molecule has 0 aromatic heterocycles. The Hall–Kier alpha value is -3.39. The summed E-state index contributed by atoms with van der Waals surface area (Å²) in [6.45, 7) is 0.261. The first kappa shape index (κ1) is 24.7. The Morgan fingerprint density at radius 2 is 1.57 bits per heavy atom. The van der Waals surface area contributed by atoms with Gasteiger partial charge in [-0.25, -0.2) is 9.59 Å². The highest BCUT2D eigenvalue weighted by Crippen LogP contribution is 2.44. The first-order valence-electron chi connectivity index (χ1n) is 12.3. The molecule has 2 aliphatic rings. The van der Waals surface area contributed by atoms with Crippen LogP contribution < -0.4 is 10.6 Å². The zero-order valence-corrected chi connectivity index (χ0v) is 19.6. The van der Waals surface area contributed by atoms with Crippen LogP contribution >= 0.6 is 0 Å². The lowest BCUT2D eigenvalue weighted by molar-refractivity contribution is -0.147. The number of aliphatic hydroxyl groups is 1. The highest BCUT2D eigenvalue weighted by Gasteiger charge is 2.33. The van der Waals surface area contributed by atoms with Crippen molar-refractivity contribution in [1.29, 1.82) is 0 Å². The number of hydrogen-bond donors (Lipinski definition) is 4. The zero-order chi connectivity index (χ0) is 24.8. The van der Waals surface area contributed by atoms with E-state index in [1.165, 1.54) is 0 Å². The van der Waals surface area contributed by atoms with E-state index in [0.29, 0.717) is 12.8 Å². The van der Waals surface area contributed by atoms with Crippen molar-refractivity contribution in [2.24, 2.45) is 5.92 Å². The average molecular weight is 481 g/mol. The largest absolute Gasteiger partial charge is 0.479 e. The van der Waals surface area contributed by atoms with E-state index in [2.05, 4.69) is 34.9 Å². The van der Waals surface area contributed by atoms with Crippen molar-refractivity contribution in [3.05, 3.63) is 59.7 Å². The third-order valence-corrected chi connectivity index (χ3v) is 7.00. The lowest BCUT2D eigenvalue weighted by atomic mass is 9.93. The van der Waals surface area contributed by atoms with E-state index in [0.717, 1.165) is 41.5 Å². The summed E-state index contributed by atoms with van der Waals surface area (Å²) in [5.74, 6) is -2.03. The van der Waals surface area contributed by atoms with E-state index < -0.39 is 24.1 Å². The number of carboxylic acids is 1. The Balaban J connectivity index is 1.35. The van der Waals surface area contributed by atoms with Crippen LogP contribution in [-0.2, 0) is 14.3 Å². The Labute approximate surface area is 204 Å². The summed E-state index contributed by atoms with van der Waals surface area (Å²) in [4.78, 5) is 36.4. The van der Waals surface area contributed by atoms with E-state index in [1.54, 1.807) is 0 Å². The second-order valence-electron chi connectivity index (χ2n) is 9.25. The molecule has 1 fully saturated rings. The molecule has 2 aromatic rings. The standard InChI is InChI=1S/C27H32N2O6/c30-24(26(32)33)14-15-28-25(31)21-12-2-1-3-13-23(21)29-27(34)35-16-22-19-10-6-4-8-17(19)18-9-5-7-11-20(18)22/h4-11,21-24,30H,1-3,12-16H2,(H,28,31)(H,29,34)(H,32,33)/t21-,23+,24+/m1/s1. The normalized spacial score (nSPS) is 20.1. The number of aliphatic hydroxyl groups excluding tert-OH is 1. The summed E-state index contributed by atoms with van der Waals surface area (Å²) in [5, 5.41) is 23.8. The number of rotatable bonds is 8. The van der Waals surface area contributed by atoms with Crippen molar-refractivity contribution in [3.8, 4) is 11.1 Å². The molecule has 0 radical (unpaired) electrons. The summed E-state index contributed by atoms with van der Waals surface area (Å²) in [7, 11) is 0. The van der Waals surface area contributed by atoms with Crippen LogP contribution in [0.25, 0.3) is 11.1 Å². The number of alkyl carbamates (subject to hydrolysis) is 1. The Morgan fingerprint density at radius 3 is 2.23 bits per heavy atom. The summed E-state index contributed by atoms with van der Waals surface area (Å²) in [6, 6.07) is 15.9. The monoisotopic (exact) mass is 480 g/mol. The summed E-state index contributed by atoms with van der Waals surface area (Å²) in [6.07, 6.45) is 1.91. The molecular formula is C27H32N2O6. The van der Waals surface area contributed by atoms with Crippen molar-refractivity contribution in [2.75, 3.05) is 13.2 Å². The molecule has 8 heteroatoms. The second kappa shape index (κ2) is 11.4. The van der Waals surface area contributed by atoms with Gasteiger partial charge in [0.2, 0.25) is 5.91 Å². The summed E-state index contributed by atoms with van der Waals surface area (Å²) < 4.78 is 5.67. The molecule has 8 nitrogen and oxygen atoms in total. The van der Waals surface area contributed by atoms with Gasteiger partial charge in [-0.15, -0.1) is 0 Å². The molecule has 186 valence electrons. The molecule has 0 saturated heterocycles. The lowest BCUT2D eigenvalue weighted by Gasteiger charge is -2.25. The van der Waals surface area contributed by atoms with Crippen LogP contribution in [0.15, 0.2) is 48.5 Å². The number of amides is 2. The third-order valence-electron chi connectivity index (χ3n) is 7.00. The molecule has 1 saturated carbocycles. The van der Waals surface area contributed by atoms with Gasteiger partial charge in [-0.1, -0.05) is 67.8 Å². The quantitative estimate of drug-likeness (QED) is 0.429. The van der Waals surface area contributed by atoms with Crippen molar-refractivity contribution < 1.29 is 29.3 Å². The molecule has 2 aromatic carbocycles. The van der Waals surface area contributed by atoms with Crippen molar-refractivity contribution >= 4 is 18.0 Å². The molecule has 2 amide bonds. The number of aliphatic carboxylic acids is 1. The fourth-order valence-corrected chi connectivity index (χ4v) is 5.17. The van der Waals surface area contributed by atoms with Crippen LogP contribution in [0.4, 0.5) is 4.79 Å². The maximum atomic E-state index is 12.8. The third kappa shape index (κ3) is 5.82. The van der Waals surface area contributed by atoms with Crippen molar-refractivity contribution in [3.63, 3.8) is 0 Å². The van der Waals surface area contributed by atoms with Crippen LogP contribution in [0.5, 0.6) is 0 Å². The summed E-state index contributed by atoms with van der Waals surface area (Å²) >= 11 is 0. The number of carbonyl (C=O) groups excluding carboxylic acids is 2. The van der Waals surface area contributed by atoms with Gasteiger partial charge in [0.1, 0.15) is 6.61 Å². The maximum Gasteiger partial charge on any atom is 0.407 e. The molecule has 0 spiro atoms. The SMILES string of the molecule is O=C(N[C@H]1CCCCC[C@H]1C(=O)NCC[C@H](O)C(=O)O)OCC1c2ccccc2-c2ccccc21. The molecule has 4 N–H and O–H groups in total. The molecule has 0 unspecified atom stereocenters. The van der Waals surface area contributed by atoms with Gasteiger partial charge in [-0.2, -0.15) is 0 Å². The van der Waals surface area contributed by atoms with Crippen molar-refractivity contribution in [1.82, 2.24) is 10.6 Å². The maximum absolute atomic E-state index is 12.8. The minimum atomic E-state index is -1.51. The van der Waals surface area contributed by atoms with E-state index in [-0.39, 0.29) is 37.4 Å². The number of ether oxygens (including phenoxy) is 1. The van der Waals surface area contributed by atoms with Crippen LogP contribution in [0.1, 0.15) is 55.6 Å². The lowest BCUT2D eigenvalue weighted by Crippen LogP contribution is -2.47. The van der Waals surface area contributed by atoms with Gasteiger partial charge in [0.15, 0.2) is 6.10 Å². The highest BCUT2D eigenvalue weighted by molar-refractivity contribution is 5.81. The number of hydrogen-bond acceptors (Lipinski definition) is 5. The molecular weight excluding hydrogens is 448 g/mol. The number of benzene rings is 2. The predicted molar refractivity (Wildman–Crippen MR) is 130 cm³/mol. The van der Waals surface area contributed by atoms with Crippen molar-refractivity contribution in [2.45, 2.75) is 56.6 Å². The Kier molecular flexibility index (Phi) is 8.02. The molecule has 35 heavy (non-hydrogen) atoms. The first-order valence-corrected chi connectivity index (χ1v) is 12.3. The fraction of sp³-hybridized carbons (Fsp3) is 0.444. The van der Waals surface area contributed by atoms with Gasteiger partial charge in [0.25, 0.3) is 0 Å². The van der Waals surface area contributed by atoms with Gasteiger partial charge in [-0.05, 0) is 35.1 Å². The van der Waals surface area contributed by atoms with Gasteiger partial charge in [-0.3, -0.25) is 4.79 Å². The number of carboxylic acid groups (broad SMARTS) is 1. The van der Waals surface area contributed by atoms with Gasteiger partial charge in [0.05, 0.1) is 5.92 Å². The second-order valence-corrected chi connectivity index (χ2v) is 9.25. The molecule has 0 bridgehead atoms. The molecule has 4 rings (SSSR count). The first-order chi connectivity index (χ1) is 17.0. The predicted octanol–water partition coefficient (Wildman–Crippen LogP) is 3.43. The van der Waals surface area contributed by atoms with E-state index in [9.17, 15) is 19.5 Å². The number of nitrogens with one attached hydrogen (secondary N) is 2. The van der Waals surface area contributed by atoms with Crippen LogP contribution in [0.3, 0.4) is 0 Å². The number of carbonyl (C=O) groups is 3. The zero-order valence-electron chi connectivity index (χ0n) is 19.6. The van der Waals surface area contributed by atoms with Gasteiger partial charge in [0, 0.05) is 24.9 Å². The molecule has 2 aliphatic carbocycles. The topological polar surface area (TPSA) is 125 Å². The van der Waals surface area contributed by atoms with Crippen LogP contribution in [0, 0.1) is 5.92 Å². The van der Waals surface area contributed by atoms with E-state index in [1.807, 2.05) is 24.3 Å². The highest BCUT2D eigenvalue weighted by atomic mass is 16.5. The van der Waals surface area contributed by atoms with Gasteiger partial charge < -0.3 is 25.6 Å². The number of fused-ring (bicyclic) bond motifs is 3. The minimum absolute atomic E-state index is 0.0398. The minimum Gasteiger partial charge on any atom is -0.479 e. The molecule has 0 aliphatic heterocycles. The van der Waals surface area contributed by atoms with Gasteiger partial charge >= 0.3 is 12.1 Å². The fourth-order valence-electron chi connectivity index (χ4n) is 5.17. The molecule has 3 atom stereocenters. The average Bonchev–Trinajstić information content (AvgIpc) is 2.99. The molecule has 0 heterocycles. The van der Waals surface area contributed by atoms with E-state index in [4.69, 9.17) is 9.84 Å². The van der Waals surface area contributed by atoms with E-state index >= 15 is 0 Å². The Morgan fingerprint density at radius 1 is 0.943 bits per heavy atom. The summed E-state index contributed by atoms with van der Waals surface area (Å²) in [5.41, 5.74) is 4.59. The Bertz CT molecular complexity index is 1030. The van der Waals surface area contributed by atoms with Crippen LogP contribution in [-0.4, -0.2) is 53.5 Å². The smallest absolute Gasteiger partial charge is 0.407 e. The van der Waals surface area contributed by atoms with Crippen LogP contribution in [0.2, 0.25) is 0 Å².